The summed E-state index contributed by atoms with van der Waals surface area (Å²) in [5.74, 6) is 0.176. The number of carboxylic acids is 1. The van der Waals surface area contributed by atoms with Crippen LogP contribution in [-0.4, -0.2) is 31.0 Å². The highest BCUT2D eigenvalue weighted by Crippen LogP contribution is 2.23. The third-order valence-electron chi connectivity index (χ3n) is 4.85. The molecule has 0 unspecified atom stereocenters. The van der Waals surface area contributed by atoms with Crippen molar-refractivity contribution in [3.63, 3.8) is 0 Å². The Bertz CT molecular complexity index is 1370. The van der Waals surface area contributed by atoms with Gasteiger partial charge < -0.3 is 25.7 Å². The molecule has 2 aromatic carbocycles. The van der Waals surface area contributed by atoms with Crippen LogP contribution in [0.15, 0.2) is 67.0 Å². The van der Waals surface area contributed by atoms with Crippen molar-refractivity contribution in [1.82, 2.24) is 19.9 Å². The van der Waals surface area contributed by atoms with E-state index in [0.29, 0.717) is 18.3 Å². The predicted octanol–water partition coefficient (Wildman–Crippen LogP) is 4.49. The Morgan fingerprint density at radius 3 is 2.80 bits per heavy atom. The van der Waals surface area contributed by atoms with Crippen LogP contribution in [0.1, 0.15) is 16.1 Å². The number of aromatic nitrogens is 4. The number of carboxylic acid groups (broad SMARTS) is 1. The van der Waals surface area contributed by atoms with E-state index in [0.717, 1.165) is 33.1 Å². The number of aromatic carboxylic acids is 1. The summed E-state index contributed by atoms with van der Waals surface area (Å²) in [5, 5.41) is 17.6. The summed E-state index contributed by atoms with van der Waals surface area (Å²) in [6.07, 6.45) is 3.61. The summed E-state index contributed by atoms with van der Waals surface area (Å²) in [6.45, 7) is 0.609. The van der Waals surface area contributed by atoms with Crippen LogP contribution in [-0.2, 0) is 6.54 Å². The van der Waals surface area contributed by atoms with Crippen molar-refractivity contribution in [2.75, 3.05) is 10.6 Å². The van der Waals surface area contributed by atoms with Gasteiger partial charge in [0.2, 0.25) is 5.95 Å². The van der Waals surface area contributed by atoms with Gasteiger partial charge >= 0.3 is 5.97 Å². The van der Waals surface area contributed by atoms with E-state index in [1.54, 1.807) is 18.3 Å². The van der Waals surface area contributed by atoms with Crippen molar-refractivity contribution in [2.45, 2.75) is 6.54 Å². The second-order valence-corrected chi connectivity index (χ2v) is 6.93. The number of nitrogens with one attached hydrogen (secondary N) is 4. The van der Waals surface area contributed by atoms with Crippen LogP contribution in [0.3, 0.4) is 0 Å². The van der Waals surface area contributed by atoms with Crippen molar-refractivity contribution in [2.24, 2.45) is 0 Å². The molecule has 0 aliphatic heterocycles. The molecule has 0 aliphatic rings. The van der Waals surface area contributed by atoms with E-state index in [1.807, 2.05) is 30.5 Å². The molecule has 148 valence electrons. The first-order valence-electron chi connectivity index (χ1n) is 9.40. The van der Waals surface area contributed by atoms with Gasteiger partial charge in [0, 0.05) is 41.0 Å². The summed E-state index contributed by atoms with van der Waals surface area (Å²) in [4.78, 5) is 26.0. The molecule has 3 aromatic heterocycles. The van der Waals surface area contributed by atoms with Crippen LogP contribution in [0, 0.1) is 0 Å². The summed E-state index contributed by atoms with van der Waals surface area (Å²) < 4.78 is 0. The number of rotatable bonds is 6. The molecule has 8 nitrogen and oxygen atoms in total. The van der Waals surface area contributed by atoms with E-state index in [2.05, 4.69) is 48.8 Å². The van der Waals surface area contributed by atoms with Crippen LogP contribution < -0.4 is 10.6 Å². The Kier molecular flexibility index (Phi) is 4.29. The second-order valence-electron chi connectivity index (χ2n) is 6.93. The number of carbonyl (C=O) groups is 1. The first-order valence-corrected chi connectivity index (χ1v) is 9.40. The van der Waals surface area contributed by atoms with Crippen molar-refractivity contribution in [3.05, 3.63) is 78.2 Å². The van der Waals surface area contributed by atoms with Gasteiger partial charge in [-0.25, -0.2) is 9.78 Å². The molecular formula is C22H18N6O2. The van der Waals surface area contributed by atoms with Gasteiger partial charge in [0.05, 0.1) is 0 Å². The van der Waals surface area contributed by atoms with Gasteiger partial charge in [0.25, 0.3) is 0 Å². The lowest BCUT2D eigenvalue weighted by Crippen LogP contribution is -2.04. The molecule has 0 bridgehead atoms. The Balaban J connectivity index is 1.30. The maximum Gasteiger partial charge on any atom is 0.352 e. The smallest absolute Gasteiger partial charge is 0.352 e. The molecule has 5 N–H and O–H groups in total. The van der Waals surface area contributed by atoms with E-state index < -0.39 is 5.97 Å². The average molecular weight is 398 g/mol. The highest BCUT2D eigenvalue weighted by molar-refractivity contribution is 5.95. The topological polar surface area (TPSA) is 119 Å². The zero-order valence-corrected chi connectivity index (χ0v) is 15.8. The Morgan fingerprint density at radius 1 is 1.00 bits per heavy atom. The minimum atomic E-state index is -0.983. The lowest BCUT2D eigenvalue weighted by atomic mass is 10.1. The monoisotopic (exact) mass is 398 g/mol. The number of aromatic amines is 2. The first kappa shape index (κ1) is 17.7. The summed E-state index contributed by atoms with van der Waals surface area (Å²) in [6, 6.07) is 17.2. The van der Waals surface area contributed by atoms with E-state index in [4.69, 9.17) is 5.11 Å². The molecule has 0 spiro atoms. The molecule has 0 saturated heterocycles. The van der Waals surface area contributed by atoms with Crippen LogP contribution in [0.5, 0.6) is 0 Å². The third kappa shape index (κ3) is 3.53. The van der Waals surface area contributed by atoms with Crippen LogP contribution in [0.25, 0.3) is 21.8 Å². The van der Waals surface area contributed by atoms with Gasteiger partial charge in [0.1, 0.15) is 11.5 Å². The number of H-pyrrole nitrogens is 2. The molecule has 8 heteroatoms. The second kappa shape index (κ2) is 7.25. The summed E-state index contributed by atoms with van der Waals surface area (Å²) in [7, 11) is 0. The Hall–Kier alpha value is -4.33. The molecule has 0 amide bonds. The van der Waals surface area contributed by atoms with Crippen molar-refractivity contribution in [3.8, 4) is 0 Å². The normalized spacial score (nSPS) is 11.1. The Labute approximate surface area is 171 Å². The molecule has 0 saturated carbocycles. The number of anilines is 3. The number of benzene rings is 2. The average Bonchev–Trinajstić information content (AvgIpc) is 3.38. The van der Waals surface area contributed by atoms with Crippen molar-refractivity contribution in [1.29, 1.82) is 0 Å². The van der Waals surface area contributed by atoms with Gasteiger partial charge in [-0.2, -0.15) is 4.98 Å². The van der Waals surface area contributed by atoms with E-state index >= 15 is 0 Å². The minimum Gasteiger partial charge on any atom is -0.477 e. The third-order valence-corrected chi connectivity index (χ3v) is 4.85. The minimum absolute atomic E-state index is 0.161. The fourth-order valence-electron chi connectivity index (χ4n) is 3.38. The maximum absolute atomic E-state index is 11.1. The van der Waals surface area contributed by atoms with Crippen LogP contribution in [0.4, 0.5) is 17.5 Å². The molecule has 30 heavy (non-hydrogen) atoms. The highest BCUT2D eigenvalue weighted by atomic mass is 16.4. The van der Waals surface area contributed by atoms with Gasteiger partial charge in [-0.05, 0) is 59.5 Å². The number of nitrogens with zero attached hydrogens (tertiary/aromatic N) is 2. The molecule has 0 fully saturated rings. The lowest BCUT2D eigenvalue weighted by molar-refractivity contribution is 0.0691. The van der Waals surface area contributed by atoms with Gasteiger partial charge in [-0.1, -0.05) is 6.07 Å². The lowest BCUT2D eigenvalue weighted by Gasteiger charge is -2.09. The molecule has 0 atom stereocenters. The zero-order chi connectivity index (χ0) is 20.5. The largest absolute Gasteiger partial charge is 0.477 e. The summed E-state index contributed by atoms with van der Waals surface area (Å²) >= 11 is 0. The highest BCUT2D eigenvalue weighted by Gasteiger charge is 2.08. The summed E-state index contributed by atoms with van der Waals surface area (Å²) in [5.41, 5.74) is 3.98. The maximum atomic E-state index is 11.1. The molecular weight excluding hydrogens is 380 g/mol. The van der Waals surface area contributed by atoms with E-state index in [-0.39, 0.29) is 5.69 Å². The molecule has 5 rings (SSSR count). The first-order chi connectivity index (χ1) is 14.6. The Morgan fingerprint density at radius 2 is 1.90 bits per heavy atom. The van der Waals surface area contributed by atoms with Crippen LogP contribution >= 0.6 is 0 Å². The van der Waals surface area contributed by atoms with Gasteiger partial charge in [-0.3, -0.25) is 0 Å². The van der Waals surface area contributed by atoms with Crippen molar-refractivity contribution < 1.29 is 9.90 Å². The van der Waals surface area contributed by atoms with Gasteiger partial charge in [-0.15, -0.1) is 0 Å². The van der Waals surface area contributed by atoms with Gasteiger partial charge in [0.15, 0.2) is 0 Å². The fourth-order valence-corrected chi connectivity index (χ4v) is 3.38. The molecule has 0 radical (unpaired) electrons. The van der Waals surface area contributed by atoms with Crippen molar-refractivity contribution >= 4 is 45.2 Å². The molecule has 0 aliphatic carbocycles. The molecule has 5 aromatic rings. The number of fused-ring (bicyclic) bond motifs is 2. The quantitative estimate of drug-likeness (QED) is 0.287. The number of hydrogen-bond donors (Lipinski definition) is 5. The van der Waals surface area contributed by atoms with E-state index in [9.17, 15) is 4.79 Å². The standard InChI is InChI=1S/C22H18N6O2/c29-21(30)19-11-15-10-16(2-4-18(15)27-19)26-20-6-8-24-22(28-20)25-12-13-1-3-17-14(9-13)5-7-23-17/h1-11,23,27H,12H2,(H,29,30)(H2,24,25,26,28). The van der Waals surface area contributed by atoms with E-state index in [1.165, 1.54) is 0 Å². The molecule has 3 heterocycles. The van der Waals surface area contributed by atoms with Crippen LogP contribution in [0.2, 0.25) is 0 Å². The predicted molar refractivity (Wildman–Crippen MR) is 116 cm³/mol. The SMILES string of the molecule is O=C(O)c1cc2cc(Nc3ccnc(NCc4ccc5[nH]ccc5c4)n3)ccc2[nH]1. The number of hydrogen-bond acceptors (Lipinski definition) is 5. The zero-order valence-electron chi connectivity index (χ0n) is 15.8. The fraction of sp³-hybridized carbons (Fsp3) is 0.0455.